The number of aromatic nitrogens is 2. The van der Waals surface area contributed by atoms with E-state index in [0.717, 1.165) is 11.8 Å². The highest BCUT2D eigenvalue weighted by molar-refractivity contribution is 5.75. The van der Waals surface area contributed by atoms with Crippen LogP contribution in [0.25, 0.3) is 11.0 Å². The molecule has 0 saturated heterocycles. The molecule has 1 aromatic heterocycles. The molecule has 0 unspecified atom stereocenters. The van der Waals surface area contributed by atoms with E-state index >= 15 is 0 Å². The van der Waals surface area contributed by atoms with Gasteiger partial charge in [-0.3, -0.25) is 0 Å². The molecule has 0 radical (unpaired) electrons. The number of halogens is 2. The Morgan fingerprint density at radius 3 is 2.60 bits per heavy atom. The summed E-state index contributed by atoms with van der Waals surface area (Å²) >= 11 is 0. The van der Waals surface area contributed by atoms with Gasteiger partial charge in [0.1, 0.15) is 11.3 Å². The number of benzene rings is 2. The first-order chi connectivity index (χ1) is 9.63. The maximum Gasteiger partial charge on any atom is 0.186 e. The Morgan fingerprint density at radius 2 is 1.85 bits per heavy atom. The van der Waals surface area contributed by atoms with E-state index in [1.165, 1.54) is 11.6 Å². The van der Waals surface area contributed by atoms with Crippen molar-refractivity contribution in [1.82, 2.24) is 9.97 Å². The van der Waals surface area contributed by atoms with Crippen molar-refractivity contribution >= 4 is 16.7 Å². The summed E-state index contributed by atoms with van der Waals surface area (Å²) in [5.74, 6) is -1.24. The van der Waals surface area contributed by atoms with Gasteiger partial charge in [0.15, 0.2) is 11.6 Å². The minimum absolute atomic E-state index is 0.0331. The number of hydrogen-bond donors (Lipinski definition) is 2. The molecule has 0 aliphatic heterocycles. The van der Waals surface area contributed by atoms with Gasteiger partial charge >= 0.3 is 0 Å². The molecule has 0 atom stereocenters. The normalized spacial score (nSPS) is 10.9. The van der Waals surface area contributed by atoms with Gasteiger partial charge in [0.2, 0.25) is 0 Å². The van der Waals surface area contributed by atoms with Crippen LogP contribution < -0.4 is 5.32 Å². The second-order valence-electron chi connectivity index (χ2n) is 4.66. The molecule has 20 heavy (non-hydrogen) atoms. The summed E-state index contributed by atoms with van der Waals surface area (Å²) < 4.78 is 26.6. The van der Waals surface area contributed by atoms with E-state index < -0.39 is 11.6 Å². The van der Waals surface area contributed by atoms with Crippen LogP contribution in [0.4, 0.5) is 14.5 Å². The van der Waals surface area contributed by atoms with E-state index in [0.29, 0.717) is 17.9 Å². The fourth-order valence-electron chi connectivity index (χ4n) is 2.01. The van der Waals surface area contributed by atoms with Gasteiger partial charge in [0.05, 0.1) is 12.1 Å². The van der Waals surface area contributed by atoms with Gasteiger partial charge < -0.3 is 10.3 Å². The highest BCUT2D eigenvalue weighted by Gasteiger charge is 2.11. The maximum atomic E-state index is 13.5. The predicted octanol–water partition coefficient (Wildman–Crippen LogP) is 3.76. The summed E-state index contributed by atoms with van der Waals surface area (Å²) in [7, 11) is 0. The molecule has 0 fully saturated rings. The number of anilines is 1. The average Bonchev–Trinajstić information content (AvgIpc) is 2.86. The number of aromatic amines is 1. The third kappa shape index (κ3) is 2.34. The molecular weight excluding hydrogens is 260 g/mol. The van der Waals surface area contributed by atoms with Crippen molar-refractivity contribution in [1.29, 1.82) is 0 Å². The van der Waals surface area contributed by atoms with Crippen LogP contribution in [-0.2, 0) is 6.54 Å². The molecule has 1 heterocycles. The third-order valence-electron chi connectivity index (χ3n) is 3.11. The molecule has 0 amide bonds. The zero-order valence-corrected chi connectivity index (χ0v) is 10.9. The van der Waals surface area contributed by atoms with Crippen LogP contribution in [0.15, 0.2) is 36.4 Å². The van der Waals surface area contributed by atoms with Crippen molar-refractivity contribution in [3.63, 3.8) is 0 Å². The van der Waals surface area contributed by atoms with Crippen LogP contribution in [0.1, 0.15) is 11.4 Å². The van der Waals surface area contributed by atoms with Crippen molar-refractivity contribution in [3.05, 3.63) is 59.4 Å². The fraction of sp³-hybridized carbons (Fsp3) is 0.133. The minimum Gasteiger partial charge on any atom is -0.378 e. The Labute approximate surface area is 114 Å². The molecule has 102 valence electrons. The van der Waals surface area contributed by atoms with Crippen molar-refractivity contribution in [2.24, 2.45) is 0 Å². The number of nitrogens with one attached hydrogen (secondary N) is 2. The lowest BCUT2D eigenvalue weighted by Gasteiger charge is -2.04. The van der Waals surface area contributed by atoms with Gasteiger partial charge in [0.25, 0.3) is 0 Å². The van der Waals surface area contributed by atoms with Gasteiger partial charge in [-0.25, -0.2) is 13.8 Å². The minimum atomic E-state index is -0.916. The van der Waals surface area contributed by atoms with Gasteiger partial charge in [-0.2, -0.15) is 0 Å². The monoisotopic (exact) mass is 273 g/mol. The molecular formula is C15H13F2N3. The predicted molar refractivity (Wildman–Crippen MR) is 74.5 cm³/mol. The lowest BCUT2D eigenvalue weighted by Crippen LogP contribution is -2.00. The van der Waals surface area contributed by atoms with Gasteiger partial charge in [0, 0.05) is 5.69 Å². The topological polar surface area (TPSA) is 40.7 Å². The lowest BCUT2D eigenvalue weighted by atomic mass is 10.2. The van der Waals surface area contributed by atoms with Crippen LogP contribution in [-0.4, -0.2) is 9.97 Å². The molecule has 0 aliphatic rings. The van der Waals surface area contributed by atoms with Crippen LogP contribution in [0, 0.1) is 18.6 Å². The number of fused-ring (bicyclic) bond motifs is 1. The molecule has 0 bridgehead atoms. The molecule has 3 aromatic rings. The van der Waals surface area contributed by atoms with E-state index in [1.54, 1.807) is 0 Å². The number of nitrogens with zero attached hydrogens (tertiary/aromatic N) is 1. The van der Waals surface area contributed by atoms with Crippen LogP contribution in [0.5, 0.6) is 0 Å². The Bertz CT molecular complexity index is 748. The molecule has 0 spiro atoms. The van der Waals surface area contributed by atoms with Crippen LogP contribution >= 0.6 is 0 Å². The molecule has 2 aromatic carbocycles. The highest BCUT2D eigenvalue weighted by Crippen LogP contribution is 2.18. The molecule has 2 N–H and O–H groups in total. The van der Waals surface area contributed by atoms with Crippen molar-refractivity contribution < 1.29 is 8.78 Å². The van der Waals surface area contributed by atoms with E-state index in [2.05, 4.69) is 15.3 Å². The molecule has 0 saturated carbocycles. The third-order valence-corrected chi connectivity index (χ3v) is 3.11. The van der Waals surface area contributed by atoms with Gasteiger partial charge in [-0.1, -0.05) is 17.7 Å². The number of hydrogen-bond acceptors (Lipinski definition) is 2. The molecule has 5 heteroatoms. The Balaban J connectivity index is 1.81. The number of rotatable bonds is 3. The lowest BCUT2D eigenvalue weighted by molar-refractivity contribution is 0.515. The maximum absolute atomic E-state index is 13.5. The van der Waals surface area contributed by atoms with E-state index in [-0.39, 0.29) is 5.52 Å². The van der Waals surface area contributed by atoms with Crippen molar-refractivity contribution in [3.8, 4) is 0 Å². The Hall–Kier alpha value is -2.43. The number of aryl methyl sites for hydroxylation is 1. The molecule has 3 rings (SSSR count). The van der Waals surface area contributed by atoms with E-state index in [9.17, 15) is 8.78 Å². The standard InChI is InChI=1S/C15H13F2N3/c1-9-2-4-10(5-3-9)18-8-13-19-12-7-6-11(16)14(17)15(12)20-13/h2-7,18H,8H2,1H3,(H,19,20). The quantitative estimate of drug-likeness (QED) is 0.762. The smallest absolute Gasteiger partial charge is 0.186 e. The summed E-state index contributed by atoms with van der Waals surface area (Å²) in [6, 6.07) is 10.5. The first-order valence-electron chi connectivity index (χ1n) is 6.26. The molecule has 3 nitrogen and oxygen atoms in total. The first kappa shape index (κ1) is 12.6. The average molecular weight is 273 g/mol. The fourth-order valence-corrected chi connectivity index (χ4v) is 2.01. The summed E-state index contributed by atoms with van der Waals surface area (Å²) in [4.78, 5) is 7.04. The summed E-state index contributed by atoms with van der Waals surface area (Å²) in [5, 5.41) is 3.17. The van der Waals surface area contributed by atoms with E-state index in [4.69, 9.17) is 0 Å². The van der Waals surface area contributed by atoms with Gasteiger partial charge in [-0.05, 0) is 31.2 Å². The largest absolute Gasteiger partial charge is 0.378 e. The van der Waals surface area contributed by atoms with Crippen molar-refractivity contribution in [2.75, 3.05) is 5.32 Å². The van der Waals surface area contributed by atoms with Gasteiger partial charge in [-0.15, -0.1) is 0 Å². The molecule has 0 aliphatic carbocycles. The van der Waals surface area contributed by atoms with Crippen LogP contribution in [0.2, 0.25) is 0 Å². The van der Waals surface area contributed by atoms with E-state index in [1.807, 2.05) is 31.2 Å². The zero-order valence-electron chi connectivity index (χ0n) is 10.9. The highest BCUT2D eigenvalue weighted by atomic mass is 19.2. The Kier molecular flexibility index (Phi) is 3.10. The number of H-pyrrole nitrogens is 1. The SMILES string of the molecule is Cc1ccc(NCc2nc3c(F)c(F)ccc3[nH]2)cc1. The summed E-state index contributed by atoms with van der Waals surface area (Å²) in [6.45, 7) is 2.43. The van der Waals surface area contributed by atoms with Crippen molar-refractivity contribution in [2.45, 2.75) is 13.5 Å². The summed E-state index contributed by atoms with van der Waals surface area (Å²) in [6.07, 6.45) is 0. The summed E-state index contributed by atoms with van der Waals surface area (Å²) in [5.41, 5.74) is 2.65. The second-order valence-corrected chi connectivity index (χ2v) is 4.66. The first-order valence-corrected chi connectivity index (χ1v) is 6.26. The zero-order chi connectivity index (χ0) is 14.1. The number of imidazole rings is 1. The van der Waals surface area contributed by atoms with Crippen LogP contribution in [0.3, 0.4) is 0 Å². The second kappa shape index (κ2) is 4.92. The Morgan fingerprint density at radius 1 is 1.10 bits per heavy atom.